The van der Waals surface area contributed by atoms with Crippen LogP contribution in [-0.2, 0) is 17.8 Å². The molecule has 1 aliphatic rings. The van der Waals surface area contributed by atoms with Crippen molar-refractivity contribution in [3.63, 3.8) is 0 Å². The molecule has 1 aromatic heterocycles. The topological polar surface area (TPSA) is 55.2 Å². The van der Waals surface area contributed by atoms with Crippen LogP contribution in [-0.4, -0.2) is 22.2 Å². The Morgan fingerprint density at radius 3 is 2.66 bits per heavy atom. The summed E-state index contributed by atoms with van der Waals surface area (Å²) in [5.74, 6) is 0.106. The predicted octanol–water partition coefficient (Wildman–Crippen LogP) is 4.43. The molecule has 2 aromatic carbocycles. The molecule has 2 heterocycles. The number of fused-ring (bicyclic) bond motifs is 1. The van der Waals surface area contributed by atoms with Gasteiger partial charge in [0.1, 0.15) is 0 Å². The van der Waals surface area contributed by atoms with Crippen LogP contribution in [0.4, 0.5) is 5.69 Å². The minimum absolute atomic E-state index is 0.106. The van der Waals surface area contributed by atoms with Gasteiger partial charge in [-0.3, -0.25) is 9.59 Å². The van der Waals surface area contributed by atoms with Gasteiger partial charge in [0.05, 0.1) is 5.69 Å². The number of amides is 1. The van der Waals surface area contributed by atoms with Gasteiger partial charge in [-0.25, -0.2) is 4.68 Å². The molecule has 0 fully saturated rings. The second-order valence-electron chi connectivity index (χ2n) is 7.17. The van der Waals surface area contributed by atoms with E-state index in [-0.39, 0.29) is 11.5 Å². The molecule has 0 radical (unpaired) electrons. The van der Waals surface area contributed by atoms with Crippen LogP contribution in [0.3, 0.4) is 0 Å². The highest BCUT2D eigenvalue weighted by Gasteiger charge is 2.21. The standard InChI is InChI=1S/C23H22BrN3O2/c24-19-11-9-17(10-12-19)20-13-14-23(29)27(25-20)16-4-8-22(28)26-15-3-6-18-5-1-2-7-21(18)26/h1-2,5,7,9-14H,3-4,6,8,15-16H2. The maximum Gasteiger partial charge on any atom is 0.266 e. The Balaban J connectivity index is 1.42. The van der Waals surface area contributed by atoms with E-state index in [9.17, 15) is 9.59 Å². The number of halogens is 1. The number of nitrogens with zero attached hydrogens (tertiary/aromatic N) is 3. The molecule has 0 atom stereocenters. The van der Waals surface area contributed by atoms with Gasteiger partial charge in [-0.2, -0.15) is 5.10 Å². The molecular weight excluding hydrogens is 430 g/mol. The molecule has 0 saturated heterocycles. The van der Waals surface area contributed by atoms with Gasteiger partial charge in [-0.15, -0.1) is 0 Å². The molecule has 3 aromatic rings. The molecule has 0 saturated carbocycles. The number of anilines is 1. The molecule has 1 aliphatic heterocycles. The Bertz CT molecular complexity index is 1080. The van der Waals surface area contributed by atoms with E-state index in [0.29, 0.717) is 19.4 Å². The maximum absolute atomic E-state index is 12.8. The molecule has 0 spiro atoms. The van der Waals surface area contributed by atoms with Gasteiger partial charge in [-0.1, -0.05) is 46.3 Å². The third kappa shape index (κ3) is 4.48. The van der Waals surface area contributed by atoms with Crippen molar-refractivity contribution in [2.45, 2.75) is 32.2 Å². The molecule has 6 heteroatoms. The van der Waals surface area contributed by atoms with Crippen LogP contribution in [0.15, 0.2) is 69.9 Å². The normalized spacial score (nSPS) is 13.2. The molecule has 29 heavy (non-hydrogen) atoms. The number of para-hydroxylation sites is 1. The van der Waals surface area contributed by atoms with E-state index >= 15 is 0 Å². The first-order valence-corrected chi connectivity index (χ1v) is 10.6. The van der Waals surface area contributed by atoms with E-state index in [1.54, 1.807) is 6.07 Å². The molecule has 0 aliphatic carbocycles. The van der Waals surface area contributed by atoms with Crippen molar-refractivity contribution < 1.29 is 4.79 Å². The largest absolute Gasteiger partial charge is 0.312 e. The minimum Gasteiger partial charge on any atom is -0.312 e. The fraction of sp³-hybridized carbons (Fsp3) is 0.261. The lowest BCUT2D eigenvalue weighted by atomic mass is 10.0. The lowest BCUT2D eigenvalue weighted by Crippen LogP contribution is -2.35. The van der Waals surface area contributed by atoms with E-state index < -0.39 is 0 Å². The Morgan fingerprint density at radius 1 is 1.03 bits per heavy atom. The van der Waals surface area contributed by atoms with Gasteiger partial charge in [0, 0.05) is 41.3 Å². The highest BCUT2D eigenvalue weighted by Crippen LogP contribution is 2.27. The predicted molar refractivity (Wildman–Crippen MR) is 118 cm³/mol. The molecular formula is C23H22BrN3O2. The van der Waals surface area contributed by atoms with Crippen LogP contribution in [0.1, 0.15) is 24.8 Å². The van der Waals surface area contributed by atoms with Crippen LogP contribution >= 0.6 is 15.9 Å². The van der Waals surface area contributed by atoms with Crippen LogP contribution in [0.25, 0.3) is 11.3 Å². The summed E-state index contributed by atoms with van der Waals surface area (Å²) in [5, 5.41) is 4.48. The Hall–Kier alpha value is -2.73. The van der Waals surface area contributed by atoms with E-state index in [4.69, 9.17) is 0 Å². The van der Waals surface area contributed by atoms with Crippen LogP contribution < -0.4 is 10.5 Å². The Kier molecular flexibility index (Phi) is 5.90. The van der Waals surface area contributed by atoms with E-state index in [0.717, 1.165) is 40.8 Å². The maximum atomic E-state index is 12.8. The third-order valence-electron chi connectivity index (χ3n) is 5.18. The van der Waals surface area contributed by atoms with Gasteiger partial charge in [0.25, 0.3) is 5.56 Å². The van der Waals surface area contributed by atoms with Gasteiger partial charge in [-0.05, 0) is 49.1 Å². The number of benzene rings is 2. The van der Waals surface area contributed by atoms with Crippen molar-refractivity contribution in [3.8, 4) is 11.3 Å². The number of carbonyl (C=O) groups is 1. The first kappa shape index (κ1) is 19.6. The van der Waals surface area contributed by atoms with E-state index in [1.807, 2.05) is 47.4 Å². The van der Waals surface area contributed by atoms with E-state index in [1.165, 1.54) is 16.3 Å². The molecule has 5 nitrogen and oxygen atoms in total. The minimum atomic E-state index is -0.151. The summed E-state index contributed by atoms with van der Waals surface area (Å²) in [6.45, 7) is 1.18. The Labute approximate surface area is 178 Å². The van der Waals surface area contributed by atoms with Crippen LogP contribution in [0, 0.1) is 0 Å². The molecule has 4 rings (SSSR count). The average molecular weight is 452 g/mol. The molecule has 1 amide bonds. The SMILES string of the molecule is O=C(CCCn1nc(-c2ccc(Br)cc2)ccc1=O)N1CCCc2ccccc21. The lowest BCUT2D eigenvalue weighted by molar-refractivity contribution is -0.118. The van der Waals surface area contributed by atoms with Crippen molar-refractivity contribution in [3.05, 3.63) is 81.1 Å². The monoisotopic (exact) mass is 451 g/mol. The van der Waals surface area contributed by atoms with Crippen molar-refractivity contribution in [1.29, 1.82) is 0 Å². The zero-order valence-electron chi connectivity index (χ0n) is 16.1. The quantitative estimate of drug-likeness (QED) is 0.576. The number of aromatic nitrogens is 2. The number of aryl methyl sites for hydroxylation is 2. The highest BCUT2D eigenvalue weighted by atomic mass is 79.9. The molecule has 0 unspecified atom stereocenters. The van der Waals surface area contributed by atoms with Gasteiger partial charge >= 0.3 is 0 Å². The summed E-state index contributed by atoms with van der Waals surface area (Å²) in [7, 11) is 0. The van der Waals surface area contributed by atoms with Crippen LogP contribution in [0.2, 0.25) is 0 Å². The summed E-state index contributed by atoms with van der Waals surface area (Å²) < 4.78 is 2.45. The molecule has 0 bridgehead atoms. The number of hydrogen-bond donors (Lipinski definition) is 0. The van der Waals surface area contributed by atoms with Gasteiger partial charge in [0.2, 0.25) is 5.91 Å². The lowest BCUT2D eigenvalue weighted by Gasteiger charge is -2.29. The fourth-order valence-corrected chi connectivity index (χ4v) is 3.96. The summed E-state index contributed by atoms with van der Waals surface area (Å²) in [5.41, 5.74) is 3.79. The highest BCUT2D eigenvalue weighted by molar-refractivity contribution is 9.10. The first-order chi connectivity index (χ1) is 14.1. The summed E-state index contributed by atoms with van der Waals surface area (Å²) in [6, 6.07) is 19.2. The molecule has 148 valence electrons. The first-order valence-electron chi connectivity index (χ1n) is 9.84. The van der Waals surface area contributed by atoms with Crippen molar-refractivity contribution >= 4 is 27.5 Å². The fourth-order valence-electron chi connectivity index (χ4n) is 3.69. The molecule has 0 N–H and O–H groups in total. The second-order valence-corrected chi connectivity index (χ2v) is 8.08. The zero-order chi connectivity index (χ0) is 20.2. The third-order valence-corrected chi connectivity index (χ3v) is 5.71. The Morgan fingerprint density at radius 2 is 1.83 bits per heavy atom. The second kappa shape index (κ2) is 8.74. The number of hydrogen-bond acceptors (Lipinski definition) is 3. The summed E-state index contributed by atoms with van der Waals surface area (Å²) >= 11 is 3.42. The zero-order valence-corrected chi connectivity index (χ0v) is 17.6. The van der Waals surface area contributed by atoms with Crippen molar-refractivity contribution in [2.75, 3.05) is 11.4 Å². The number of carbonyl (C=O) groups excluding carboxylic acids is 1. The summed E-state index contributed by atoms with van der Waals surface area (Å²) in [6.07, 6.45) is 2.97. The van der Waals surface area contributed by atoms with Gasteiger partial charge in [0.15, 0.2) is 0 Å². The van der Waals surface area contributed by atoms with E-state index in [2.05, 4.69) is 27.1 Å². The van der Waals surface area contributed by atoms with Crippen molar-refractivity contribution in [1.82, 2.24) is 9.78 Å². The summed E-state index contributed by atoms with van der Waals surface area (Å²) in [4.78, 5) is 26.8. The average Bonchev–Trinajstić information content (AvgIpc) is 2.75. The van der Waals surface area contributed by atoms with Crippen molar-refractivity contribution in [2.24, 2.45) is 0 Å². The van der Waals surface area contributed by atoms with Gasteiger partial charge < -0.3 is 4.90 Å². The van der Waals surface area contributed by atoms with Crippen LogP contribution in [0.5, 0.6) is 0 Å². The number of rotatable bonds is 5. The smallest absolute Gasteiger partial charge is 0.266 e.